The van der Waals surface area contributed by atoms with Gasteiger partial charge in [0.1, 0.15) is 5.75 Å². The van der Waals surface area contributed by atoms with E-state index in [1.54, 1.807) is 12.1 Å². The summed E-state index contributed by atoms with van der Waals surface area (Å²) in [7, 11) is 0. The number of rotatable bonds is 5. The van der Waals surface area contributed by atoms with Crippen LogP contribution in [-0.2, 0) is 0 Å². The van der Waals surface area contributed by atoms with E-state index in [0.717, 1.165) is 12.2 Å². The SMILES string of the molecule is CCN(c1ccc(OC(F)(F)F)cc1)C1C=CC=CC1[C@H]1C[C@H](C)CC(C)(C)C1. The number of allylic oxidation sites excluding steroid dienone is 2. The molecule has 160 valence electrons. The highest BCUT2D eigenvalue weighted by Gasteiger charge is 2.39. The van der Waals surface area contributed by atoms with Crippen molar-refractivity contribution in [3.63, 3.8) is 0 Å². The van der Waals surface area contributed by atoms with Crippen molar-refractivity contribution in [3.05, 3.63) is 48.6 Å². The monoisotopic (exact) mass is 407 g/mol. The number of alkyl halides is 3. The van der Waals surface area contributed by atoms with Crippen LogP contribution in [0.3, 0.4) is 0 Å². The molecule has 1 saturated carbocycles. The molecule has 29 heavy (non-hydrogen) atoms. The molecule has 2 aliphatic carbocycles. The first kappa shape index (κ1) is 21.8. The third-order valence-electron chi connectivity index (χ3n) is 6.21. The third kappa shape index (κ3) is 5.58. The van der Waals surface area contributed by atoms with Crippen molar-refractivity contribution in [1.29, 1.82) is 0 Å². The summed E-state index contributed by atoms with van der Waals surface area (Å²) in [5.74, 6) is 1.52. The second-order valence-corrected chi connectivity index (χ2v) is 9.34. The summed E-state index contributed by atoms with van der Waals surface area (Å²) in [5, 5.41) is 0. The Bertz CT molecular complexity index is 735. The number of hydrogen-bond acceptors (Lipinski definition) is 2. The molecule has 3 rings (SSSR count). The largest absolute Gasteiger partial charge is 0.573 e. The summed E-state index contributed by atoms with van der Waals surface area (Å²) >= 11 is 0. The topological polar surface area (TPSA) is 12.5 Å². The number of halogens is 3. The second-order valence-electron chi connectivity index (χ2n) is 9.34. The van der Waals surface area contributed by atoms with Crippen LogP contribution in [0.15, 0.2) is 48.6 Å². The predicted octanol–water partition coefficient (Wildman–Crippen LogP) is 6.98. The Hall–Kier alpha value is -1.91. The minimum absolute atomic E-state index is 0.184. The molecule has 0 aliphatic heterocycles. The molecule has 1 aromatic carbocycles. The van der Waals surface area contributed by atoms with E-state index in [1.807, 2.05) is 0 Å². The molecular weight excluding hydrogens is 375 g/mol. The Morgan fingerprint density at radius 3 is 2.31 bits per heavy atom. The van der Waals surface area contributed by atoms with Gasteiger partial charge in [0.05, 0.1) is 6.04 Å². The lowest BCUT2D eigenvalue weighted by atomic mass is 9.63. The Balaban J connectivity index is 1.81. The zero-order valence-corrected chi connectivity index (χ0v) is 17.7. The van der Waals surface area contributed by atoms with Gasteiger partial charge in [-0.1, -0.05) is 45.1 Å². The van der Waals surface area contributed by atoms with Gasteiger partial charge in [0, 0.05) is 18.2 Å². The van der Waals surface area contributed by atoms with E-state index in [-0.39, 0.29) is 11.8 Å². The summed E-state index contributed by atoms with van der Waals surface area (Å²) in [6.45, 7) is 9.96. The van der Waals surface area contributed by atoms with Crippen LogP contribution in [0.4, 0.5) is 18.9 Å². The molecule has 1 fully saturated rings. The van der Waals surface area contributed by atoms with E-state index < -0.39 is 6.36 Å². The van der Waals surface area contributed by atoms with Crippen molar-refractivity contribution in [1.82, 2.24) is 0 Å². The Kier molecular flexibility index (Phi) is 6.35. The van der Waals surface area contributed by atoms with E-state index in [9.17, 15) is 13.2 Å². The van der Waals surface area contributed by atoms with Gasteiger partial charge in [0.2, 0.25) is 0 Å². The van der Waals surface area contributed by atoms with Crippen LogP contribution in [-0.4, -0.2) is 18.9 Å². The first-order valence-corrected chi connectivity index (χ1v) is 10.6. The molecule has 4 atom stereocenters. The molecule has 0 bridgehead atoms. The van der Waals surface area contributed by atoms with E-state index in [1.165, 1.54) is 31.4 Å². The number of benzene rings is 1. The highest BCUT2D eigenvalue weighted by Crippen LogP contribution is 2.46. The average Bonchev–Trinajstić information content (AvgIpc) is 2.61. The van der Waals surface area contributed by atoms with Crippen LogP contribution in [0.25, 0.3) is 0 Å². The van der Waals surface area contributed by atoms with Gasteiger partial charge < -0.3 is 9.64 Å². The molecule has 0 amide bonds. The molecule has 5 heteroatoms. The highest BCUT2D eigenvalue weighted by atomic mass is 19.4. The van der Waals surface area contributed by atoms with Crippen molar-refractivity contribution in [2.24, 2.45) is 23.2 Å². The molecule has 0 saturated heterocycles. The van der Waals surface area contributed by atoms with Gasteiger partial charge in [-0.15, -0.1) is 13.2 Å². The zero-order valence-electron chi connectivity index (χ0n) is 17.7. The van der Waals surface area contributed by atoms with Gasteiger partial charge in [-0.2, -0.15) is 0 Å². The van der Waals surface area contributed by atoms with E-state index in [4.69, 9.17) is 0 Å². The van der Waals surface area contributed by atoms with Crippen LogP contribution in [0, 0.1) is 23.2 Å². The lowest BCUT2D eigenvalue weighted by Gasteiger charge is -2.46. The highest BCUT2D eigenvalue weighted by molar-refractivity contribution is 5.52. The Morgan fingerprint density at radius 1 is 1.07 bits per heavy atom. The van der Waals surface area contributed by atoms with Crippen molar-refractivity contribution < 1.29 is 17.9 Å². The Morgan fingerprint density at radius 2 is 1.72 bits per heavy atom. The maximum Gasteiger partial charge on any atom is 0.573 e. The maximum absolute atomic E-state index is 12.5. The Labute approximate surface area is 172 Å². The molecule has 0 N–H and O–H groups in total. The smallest absolute Gasteiger partial charge is 0.406 e. The van der Waals surface area contributed by atoms with Crippen LogP contribution in [0.2, 0.25) is 0 Å². The number of nitrogens with zero attached hydrogens (tertiary/aromatic N) is 1. The molecule has 2 nitrogen and oxygen atoms in total. The maximum atomic E-state index is 12.5. The number of hydrogen-bond donors (Lipinski definition) is 0. The van der Waals surface area contributed by atoms with Gasteiger partial charge in [0.25, 0.3) is 0 Å². The fourth-order valence-corrected chi connectivity index (χ4v) is 5.48. The minimum atomic E-state index is -4.67. The zero-order chi connectivity index (χ0) is 21.2. The summed E-state index contributed by atoms with van der Waals surface area (Å²) in [4.78, 5) is 2.29. The molecule has 1 aromatic rings. The van der Waals surface area contributed by atoms with Crippen molar-refractivity contribution in [2.75, 3.05) is 11.4 Å². The van der Waals surface area contributed by atoms with E-state index in [2.05, 4.69) is 61.6 Å². The fourth-order valence-electron chi connectivity index (χ4n) is 5.48. The van der Waals surface area contributed by atoms with Gasteiger partial charge in [-0.05, 0) is 67.7 Å². The third-order valence-corrected chi connectivity index (χ3v) is 6.21. The summed E-state index contributed by atoms with van der Waals surface area (Å²) in [6, 6.07) is 6.44. The van der Waals surface area contributed by atoms with Crippen LogP contribution >= 0.6 is 0 Å². The summed E-state index contributed by atoms with van der Waals surface area (Å²) in [6.07, 6.45) is 7.81. The number of anilines is 1. The molecule has 0 spiro atoms. The van der Waals surface area contributed by atoms with E-state index >= 15 is 0 Å². The van der Waals surface area contributed by atoms with Crippen LogP contribution < -0.4 is 9.64 Å². The lowest BCUT2D eigenvalue weighted by molar-refractivity contribution is -0.274. The first-order chi connectivity index (χ1) is 13.6. The minimum Gasteiger partial charge on any atom is -0.406 e. The average molecular weight is 408 g/mol. The standard InChI is InChI=1S/C24H32F3NO/c1-5-28(19-10-12-20(13-11-19)29-24(25,26)27)22-9-7-6-8-21(22)18-14-17(2)15-23(3,4)16-18/h6-13,17-18,21-22H,5,14-16H2,1-4H3/t17-,18-,21?,22?/m0/s1. The summed E-state index contributed by atoms with van der Waals surface area (Å²) in [5.41, 5.74) is 1.26. The number of ether oxygens (including phenoxy) is 1. The van der Waals surface area contributed by atoms with Crippen molar-refractivity contribution >= 4 is 5.69 Å². The normalized spacial score (nSPS) is 28.9. The predicted molar refractivity (Wildman–Crippen MR) is 112 cm³/mol. The second kappa shape index (κ2) is 8.45. The fraction of sp³-hybridized carbons (Fsp3) is 0.583. The first-order valence-electron chi connectivity index (χ1n) is 10.6. The van der Waals surface area contributed by atoms with Crippen molar-refractivity contribution in [3.8, 4) is 5.75 Å². The van der Waals surface area contributed by atoms with Crippen LogP contribution in [0.5, 0.6) is 5.75 Å². The van der Waals surface area contributed by atoms with Crippen molar-refractivity contribution in [2.45, 2.75) is 59.4 Å². The molecule has 2 unspecified atom stereocenters. The molecule has 0 radical (unpaired) electrons. The van der Waals surface area contributed by atoms with E-state index in [0.29, 0.717) is 23.2 Å². The molecule has 0 aromatic heterocycles. The quantitative estimate of drug-likeness (QED) is 0.522. The summed E-state index contributed by atoms with van der Waals surface area (Å²) < 4.78 is 41.4. The van der Waals surface area contributed by atoms with Gasteiger partial charge in [-0.25, -0.2) is 0 Å². The number of likely N-dealkylation sites (N-methyl/N-ethyl adjacent to an activating group) is 1. The van der Waals surface area contributed by atoms with Gasteiger partial charge in [0.15, 0.2) is 0 Å². The molecule has 0 heterocycles. The molecular formula is C24H32F3NO. The molecule has 2 aliphatic rings. The van der Waals surface area contributed by atoms with Crippen LogP contribution in [0.1, 0.15) is 47.0 Å². The van der Waals surface area contributed by atoms with Gasteiger partial charge in [-0.3, -0.25) is 0 Å². The lowest BCUT2D eigenvalue weighted by Crippen LogP contribution is -2.44. The van der Waals surface area contributed by atoms with Gasteiger partial charge >= 0.3 is 6.36 Å².